The standard InChI is InChI=1S/C13H15ClN4/c1-2-10(11-5-3-4-8-16-11)17-13-9(15)6-7-12(14)18-13/h3-8,10H,2,15H2,1H3,(H,17,18)/t10-/m0/s1. The molecular formula is C13H15ClN4. The third-order valence-corrected chi connectivity index (χ3v) is 2.87. The van der Waals surface area contributed by atoms with E-state index in [1.165, 1.54) is 0 Å². The number of nitrogens with zero attached hydrogens (tertiary/aromatic N) is 2. The molecule has 0 bridgehead atoms. The molecule has 5 heteroatoms. The van der Waals surface area contributed by atoms with Crippen molar-refractivity contribution < 1.29 is 0 Å². The second-order valence-corrected chi connectivity index (χ2v) is 4.32. The van der Waals surface area contributed by atoms with Crippen LogP contribution in [0, 0.1) is 0 Å². The van der Waals surface area contributed by atoms with E-state index in [1.807, 2.05) is 18.2 Å². The minimum Gasteiger partial charge on any atom is -0.396 e. The number of anilines is 2. The first-order valence-electron chi connectivity index (χ1n) is 5.80. The van der Waals surface area contributed by atoms with Gasteiger partial charge in [-0.2, -0.15) is 0 Å². The van der Waals surface area contributed by atoms with Crippen LogP contribution in [0.3, 0.4) is 0 Å². The highest BCUT2D eigenvalue weighted by molar-refractivity contribution is 6.29. The first-order valence-corrected chi connectivity index (χ1v) is 6.18. The van der Waals surface area contributed by atoms with Crippen molar-refractivity contribution in [3.8, 4) is 0 Å². The van der Waals surface area contributed by atoms with Gasteiger partial charge in [0.05, 0.1) is 17.4 Å². The Morgan fingerprint density at radius 3 is 2.83 bits per heavy atom. The van der Waals surface area contributed by atoms with Crippen LogP contribution in [-0.4, -0.2) is 9.97 Å². The molecule has 4 nitrogen and oxygen atoms in total. The van der Waals surface area contributed by atoms with Crippen LogP contribution >= 0.6 is 11.6 Å². The fourth-order valence-corrected chi connectivity index (χ4v) is 1.84. The van der Waals surface area contributed by atoms with Crippen LogP contribution in [0.1, 0.15) is 25.1 Å². The van der Waals surface area contributed by atoms with Crippen molar-refractivity contribution in [3.63, 3.8) is 0 Å². The molecule has 0 saturated heterocycles. The monoisotopic (exact) mass is 262 g/mol. The maximum Gasteiger partial charge on any atom is 0.151 e. The van der Waals surface area contributed by atoms with Gasteiger partial charge >= 0.3 is 0 Å². The minimum absolute atomic E-state index is 0.0690. The van der Waals surface area contributed by atoms with Crippen LogP contribution in [0.25, 0.3) is 0 Å². The van der Waals surface area contributed by atoms with E-state index < -0.39 is 0 Å². The number of nitrogens with one attached hydrogen (secondary N) is 1. The van der Waals surface area contributed by atoms with Crippen molar-refractivity contribution in [2.24, 2.45) is 0 Å². The highest BCUT2D eigenvalue weighted by atomic mass is 35.5. The molecule has 2 heterocycles. The van der Waals surface area contributed by atoms with Gasteiger partial charge in [-0.25, -0.2) is 4.98 Å². The fourth-order valence-electron chi connectivity index (χ4n) is 1.69. The lowest BCUT2D eigenvalue weighted by atomic mass is 10.1. The Labute approximate surface area is 111 Å². The SMILES string of the molecule is CC[C@H](Nc1nc(Cl)ccc1N)c1ccccn1. The van der Waals surface area contributed by atoms with E-state index in [4.69, 9.17) is 17.3 Å². The van der Waals surface area contributed by atoms with Gasteiger partial charge < -0.3 is 11.1 Å². The maximum absolute atomic E-state index is 5.87. The Morgan fingerprint density at radius 1 is 1.33 bits per heavy atom. The Balaban J connectivity index is 2.23. The molecule has 3 N–H and O–H groups in total. The van der Waals surface area contributed by atoms with Crippen LogP contribution in [0.2, 0.25) is 5.15 Å². The molecule has 0 aliphatic rings. The summed E-state index contributed by atoms with van der Waals surface area (Å²) in [6, 6.07) is 9.30. The fraction of sp³-hybridized carbons (Fsp3) is 0.231. The van der Waals surface area contributed by atoms with Crippen molar-refractivity contribution in [1.29, 1.82) is 0 Å². The Bertz CT molecular complexity index is 516. The summed E-state index contributed by atoms with van der Waals surface area (Å²) in [5.74, 6) is 0.597. The highest BCUT2D eigenvalue weighted by Gasteiger charge is 2.12. The molecule has 2 aromatic rings. The van der Waals surface area contributed by atoms with Crippen LogP contribution in [0.15, 0.2) is 36.5 Å². The summed E-state index contributed by atoms with van der Waals surface area (Å²) < 4.78 is 0. The second kappa shape index (κ2) is 5.69. The molecule has 0 saturated carbocycles. The number of nitrogens with two attached hydrogens (primary N) is 1. The number of aromatic nitrogens is 2. The number of pyridine rings is 2. The predicted octanol–water partition coefficient (Wildman–Crippen LogP) is 3.28. The molecule has 0 aromatic carbocycles. The molecule has 94 valence electrons. The van der Waals surface area contributed by atoms with Gasteiger partial charge in [0.2, 0.25) is 0 Å². The Hall–Kier alpha value is -1.81. The minimum atomic E-state index is 0.0690. The molecule has 2 rings (SSSR count). The average molecular weight is 263 g/mol. The lowest BCUT2D eigenvalue weighted by molar-refractivity contribution is 0.719. The average Bonchev–Trinajstić information content (AvgIpc) is 2.41. The zero-order chi connectivity index (χ0) is 13.0. The van der Waals surface area contributed by atoms with E-state index in [1.54, 1.807) is 18.3 Å². The first kappa shape index (κ1) is 12.6. The summed E-state index contributed by atoms with van der Waals surface area (Å²) in [7, 11) is 0. The molecule has 18 heavy (non-hydrogen) atoms. The van der Waals surface area contributed by atoms with Gasteiger partial charge in [0, 0.05) is 6.20 Å². The van der Waals surface area contributed by atoms with E-state index in [9.17, 15) is 0 Å². The van der Waals surface area contributed by atoms with E-state index in [-0.39, 0.29) is 6.04 Å². The first-order chi connectivity index (χ1) is 8.70. The van der Waals surface area contributed by atoms with E-state index in [0.29, 0.717) is 16.7 Å². The van der Waals surface area contributed by atoms with E-state index in [0.717, 1.165) is 12.1 Å². The highest BCUT2D eigenvalue weighted by Crippen LogP contribution is 2.24. The van der Waals surface area contributed by atoms with Crippen molar-refractivity contribution >= 4 is 23.1 Å². The summed E-state index contributed by atoms with van der Waals surface area (Å²) in [4.78, 5) is 8.52. The third-order valence-electron chi connectivity index (χ3n) is 2.66. The molecule has 0 spiro atoms. The van der Waals surface area contributed by atoms with Crippen LogP contribution in [0.5, 0.6) is 0 Å². The number of rotatable bonds is 4. The summed E-state index contributed by atoms with van der Waals surface area (Å²) in [5, 5.41) is 3.69. The number of halogens is 1. The number of nitrogen functional groups attached to an aromatic ring is 1. The normalized spacial score (nSPS) is 12.1. The largest absolute Gasteiger partial charge is 0.396 e. The molecule has 2 aromatic heterocycles. The quantitative estimate of drug-likeness (QED) is 0.830. The van der Waals surface area contributed by atoms with E-state index >= 15 is 0 Å². The van der Waals surface area contributed by atoms with Crippen molar-refractivity contribution in [1.82, 2.24) is 9.97 Å². The zero-order valence-electron chi connectivity index (χ0n) is 10.1. The van der Waals surface area contributed by atoms with Crippen LogP contribution in [-0.2, 0) is 0 Å². The summed E-state index contributed by atoms with van der Waals surface area (Å²) >= 11 is 5.87. The topological polar surface area (TPSA) is 63.8 Å². The second-order valence-electron chi connectivity index (χ2n) is 3.93. The number of hydrogen-bond acceptors (Lipinski definition) is 4. The van der Waals surface area contributed by atoms with Gasteiger partial charge in [0.15, 0.2) is 5.82 Å². The van der Waals surface area contributed by atoms with Gasteiger partial charge in [0.1, 0.15) is 5.15 Å². The molecule has 0 aliphatic heterocycles. The third kappa shape index (κ3) is 2.90. The van der Waals surface area contributed by atoms with Gasteiger partial charge in [-0.05, 0) is 30.7 Å². The van der Waals surface area contributed by atoms with Crippen molar-refractivity contribution in [2.45, 2.75) is 19.4 Å². The Morgan fingerprint density at radius 2 is 2.17 bits per heavy atom. The summed E-state index contributed by atoms with van der Waals surface area (Å²) in [5.41, 5.74) is 7.40. The van der Waals surface area contributed by atoms with Crippen molar-refractivity contribution in [2.75, 3.05) is 11.1 Å². The molecule has 0 radical (unpaired) electrons. The zero-order valence-corrected chi connectivity index (χ0v) is 10.9. The molecule has 0 amide bonds. The molecule has 0 unspecified atom stereocenters. The van der Waals surface area contributed by atoms with Gasteiger partial charge in [-0.15, -0.1) is 0 Å². The summed E-state index contributed by atoms with van der Waals surface area (Å²) in [6.45, 7) is 2.08. The smallest absolute Gasteiger partial charge is 0.151 e. The lowest BCUT2D eigenvalue weighted by Crippen LogP contribution is -2.13. The molecule has 1 atom stereocenters. The summed E-state index contributed by atoms with van der Waals surface area (Å²) in [6.07, 6.45) is 2.65. The molecule has 0 fully saturated rings. The lowest BCUT2D eigenvalue weighted by Gasteiger charge is -2.18. The maximum atomic E-state index is 5.87. The van der Waals surface area contributed by atoms with Gasteiger partial charge in [0.25, 0.3) is 0 Å². The molecular weight excluding hydrogens is 248 g/mol. The van der Waals surface area contributed by atoms with Crippen molar-refractivity contribution in [3.05, 3.63) is 47.4 Å². The Kier molecular flexibility index (Phi) is 3.99. The molecule has 0 aliphatic carbocycles. The predicted molar refractivity (Wildman–Crippen MR) is 74.6 cm³/mol. The van der Waals surface area contributed by atoms with E-state index in [2.05, 4.69) is 22.2 Å². The van der Waals surface area contributed by atoms with Gasteiger partial charge in [-0.3, -0.25) is 4.98 Å². The van der Waals surface area contributed by atoms with Crippen LogP contribution < -0.4 is 11.1 Å². The van der Waals surface area contributed by atoms with Crippen LogP contribution in [0.4, 0.5) is 11.5 Å². The van der Waals surface area contributed by atoms with Gasteiger partial charge in [-0.1, -0.05) is 24.6 Å². The number of hydrogen-bond donors (Lipinski definition) is 2.